The third-order valence-corrected chi connectivity index (χ3v) is 6.00. The van der Waals surface area contributed by atoms with E-state index in [0.29, 0.717) is 37.1 Å². The van der Waals surface area contributed by atoms with E-state index in [2.05, 4.69) is 0 Å². The minimum absolute atomic E-state index is 0.0660. The number of nitro groups is 1. The Balaban J connectivity index is 1.53. The lowest BCUT2D eigenvalue weighted by Crippen LogP contribution is -2.06. The number of para-hydroxylation sites is 1. The number of aromatic nitrogens is 1. The van der Waals surface area contributed by atoms with Gasteiger partial charge in [0.25, 0.3) is 0 Å². The molecule has 3 aromatic carbocycles. The number of hydrogen-bond acceptors (Lipinski definition) is 6. The van der Waals surface area contributed by atoms with Crippen molar-refractivity contribution in [2.75, 3.05) is 6.61 Å². The summed E-state index contributed by atoms with van der Waals surface area (Å²) in [5.74, 6) is -0.220. The molecule has 0 amide bonds. The molecule has 0 saturated carbocycles. The van der Waals surface area contributed by atoms with Gasteiger partial charge in [-0.2, -0.15) is 0 Å². The molecule has 8 heteroatoms. The standard InChI is InChI=1S/C29H28N2O6/c1-2-36-29(33)13-8-16-30-19-24(23-11-6-7-12-25(23)30)27(32)17-22-14-15-26(31(34)35)28(18-22)37-20-21-9-4-3-5-10-21/h3-7,9-12,14-15,18-19H,2,8,13,16-17,20H2,1H3. The molecule has 0 radical (unpaired) electrons. The second-order valence-corrected chi connectivity index (χ2v) is 8.60. The molecule has 1 aromatic heterocycles. The van der Waals surface area contributed by atoms with Crippen LogP contribution in [-0.4, -0.2) is 27.8 Å². The average Bonchev–Trinajstić information content (AvgIpc) is 3.27. The zero-order chi connectivity index (χ0) is 26.2. The molecule has 0 unspecified atom stereocenters. The Hall–Kier alpha value is -4.46. The molecule has 0 aliphatic rings. The number of hydrogen-bond donors (Lipinski definition) is 0. The first-order chi connectivity index (χ1) is 18.0. The fraction of sp³-hybridized carbons (Fsp3) is 0.241. The third kappa shape index (κ3) is 6.41. The molecule has 1 heterocycles. The third-order valence-electron chi connectivity index (χ3n) is 6.00. The number of carbonyl (C=O) groups excluding carboxylic acids is 2. The lowest BCUT2D eigenvalue weighted by molar-refractivity contribution is -0.386. The first kappa shape index (κ1) is 25.6. The van der Waals surface area contributed by atoms with Crippen LogP contribution >= 0.6 is 0 Å². The Kier molecular flexibility index (Phi) is 8.30. The van der Waals surface area contributed by atoms with Gasteiger partial charge in [-0.05, 0) is 36.6 Å². The molecule has 0 aliphatic carbocycles. The van der Waals surface area contributed by atoms with Crippen LogP contribution < -0.4 is 4.74 Å². The molecule has 37 heavy (non-hydrogen) atoms. The average molecular weight is 501 g/mol. The summed E-state index contributed by atoms with van der Waals surface area (Å²) < 4.78 is 12.7. The highest BCUT2D eigenvalue weighted by atomic mass is 16.6. The van der Waals surface area contributed by atoms with Gasteiger partial charge in [-0.15, -0.1) is 0 Å². The van der Waals surface area contributed by atoms with Gasteiger partial charge < -0.3 is 14.0 Å². The van der Waals surface area contributed by atoms with Crippen LogP contribution in [0.25, 0.3) is 10.9 Å². The summed E-state index contributed by atoms with van der Waals surface area (Å²) in [6, 6.07) is 21.5. The number of nitro benzene ring substituents is 1. The van der Waals surface area contributed by atoms with Crippen LogP contribution in [0.1, 0.15) is 41.3 Å². The van der Waals surface area contributed by atoms with E-state index < -0.39 is 4.92 Å². The maximum atomic E-state index is 13.4. The largest absolute Gasteiger partial charge is 0.482 e. The van der Waals surface area contributed by atoms with Crippen molar-refractivity contribution in [2.45, 2.75) is 39.3 Å². The van der Waals surface area contributed by atoms with E-state index in [1.54, 1.807) is 19.1 Å². The molecule has 190 valence electrons. The Bertz CT molecular complexity index is 1410. The Morgan fingerprint density at radius 3 is 2.49 bits per heavy atom. The van der Waals surface area contributed by atoms with E-state index in [1.807, 2.05) is 65.4 Å². The molecule has 4 aromatic rings. The fourth-order valence-corrected chi connectivity index (χ4v) is 4.23. The van der Waals surface area contributed by atoms with Gasteiger partial charge >= 0.3 is 11.7 Å². The number of carbonyl (C=O) groups is 2. The van der Waals surface area contributed by atoms with Gasteiger partial charge in [0.2, 0.25) is 0 Å². The number of benzene rings is 3. The fourth-order valence-electron chi connectivity index (χ4n) is 4.23. The molecular formula is C29H28N2O6. The summed E-state index contributed by atoms with van der Waals surface area (Å²) in [6.07, 6.45) is 2.78. The molecule has 8 nitrogen and oxygen atoms in total. The van der Waals surface area contributed by atoms with E-state index in [-0.39, 0.29) is 36.2 Å². The van der Waals surface area contributed by atoms with Crippen molar-refractivity contribution in [3.05, 3.63) is 106 Å². The van der Waals surface area contributed by atoms with Crippen molar-refractivity contribution in [3.8, 4) is 5.75 Å². The van der Waals surface area contributed by atoms with Crippen LogP contribution in [0.2, 0.25) is 0 Å². The SMILES string of the molecule is CCOC(=O)CCCn1cc(C(=O)Cc2ccc([N+](=O)[O-])c(OCc3ccccc3)c2)c2ccccc21. The first-order valence-electron chi connectivity index (χ1n) is 12.2. The van der Waals surface area contributed by atoms with Gasteiger partial charge in [0.05, 0.1) is 11.5 Å². The smallest absolute Gasteiger partial charge is 0.310 e. The molecule has 0 N–H and O–H groups in total. The second kappa shape index (κ2) is 12.0. The maximum absolute atomic E-state index is 13.4. The summed E-state index contributed by atoms with van der Waals surface area (Å²) >= 11 is 0. The predicted octanol–water partition coefficient (Wildman–Crippen LogP) is 5.90. The number of Topliss-reactive ketones (excluding diaryl/α,β-unsaturated/α-hetero) is 1. The summed E-state index contributed by atoms with van der Waals surface area (Å²) in [6.45, 7) is 2.88. The zero-order valence-corrected chi connectivity index (χ0v) is 20.6. The van der Waals surface area contributed by atoms with Crippen LogP contribution in [0.3, 0.4) is 0 Å². The molecule has 4 rings (SSSR count). The summed E-state index contributed by atoms with van der Waals surface area (Å²) in [5, 5.41) is 12.4. The second-order valence-electron chi connectivity index (χ2n) is 8.60. The zero-order valence-electron chi connectivity index (χ0n) is 20.6. The van der Waals surface area contributed by atoms with Crippen molar-refractivity contribution in [1.29, 1.82) is 0 Å². The summed E-state index contributed by atoms with van der Waals surface area (Å²) in [7, 11) is 0. The molecule has 0 saturated heterocycles. The van der Waals surface area contributed by atoms with Gasteiger partial charge in [-0.1, -0.05) is 54.6 Å². The first-order valence-corrected chi connectivity index (χ1v) is 12.2. The van der Waals surface area contributed by atoms with Crippen LogP contribution in [0, 0.1) is 10.1 Å². The number of esters is 1. The van der Waals surface area contributed by atoms with Gasteiger partial charge in [0.15, 0.2) is 11.5 Å². The van der Waals surface area contributed by atoms with Crippen LogP contribution in [-0.2, 0) is 29.1 Å². The number of fused-ring (bicyclic) bond motifs is 1. The Labute approximate surface area is 214 Å². The molecule has 0 aliphatic heterocycles. The number of nitrogens with zero attached hydrogens (tertiary/aromatic N) is 2. The lowest BCUT2D eigenvalue weighted by Gasteiger charge is -2.09. The lowest BCUT2D eigenvalue weighted by atomic mass is 10.0. The monoisotopic (exact) mass is 500 g/mol. The topological polar surface area (TPSA) is 101 Å². The van der Waals surface area contributed by atoms with Gasteiger partial charge in [-0.25, -0.2) is 0 Å². The molecule has 0 spiro atoms. The van der Waals surface area contributed by atoms with Crippen LogP contribution in [0.4, 0.5) is 5.69 Å². The van der Waals surface area contributed by atoms with E-state index in [0.717, 1.165) is 16.5 Å². The van der Waals surface area contributed by atoms with Gasteiger partial charge in [-0.3, -0.25) is 19.7 Å². The van der Waals surface area contributed by atoms with Gasteiger partial charge in [0.1, 0.15) is 6.61 Å². The van der Waals surface area contributed by atoms with Crippen molar-refractivity contribution in [3.63, 3.8) is 0 Å². The maximum Gasteiger partial charge on any atom is 0.310 e. The Morgan fingerprint density at radius 2 is 1.73 bits per heavy atom. The van der Waals surface area contributed by atoms with Crippen molar-refractivity contribution >= 4 is 28.3 Å². The highest BCUT2D eigenvalue weighted by molar-refractivity contribution is 6.08. The molecule has 0 fully saturated rings. The van der Waals surface area contributed by atoms with Crippen molar-refractivity contribution in [2.24, 2.45) is 0 Å². The summed E-state index contributed by atoms with van der Waals surface area (Å²) in [4.78, 5) is 36.1. The normalized spacial score (nSPS) is 10.8. The Morgan fingerprint density at radius 1 is 0.973 bits per heavy atom. The van der Waals surface area contributed by atoms with Crippen molar-refractivity contribution < 1.29 is 24.0 Å². The minimum atomic E-state index is -0.490. The van der Waals surface area contributed by atoms with E-state index in [1.165, 1.54) is 6.07 Å². The van der Waals surface area contributed by atoms with E-state index >= 15 is 0 Å². The highest BCUT2D eigenvalue weighted by Crippen LogP contribution is 2.30. The minimum Gasteiger partial charge on any atom is -0.482 e. The van der Waals surface area contributed by atoms with E-state index in [4.69, 9.17) is 9.47 Å². The van der Waals surface area contributed by atoms with Crippen LogP contribution in [0.5, 0.6) is 5.75 Å². The van der Waals surface area contributed by atoms with Gasteiger partial charge in [0, 0.05) is 48.1 Å². The van der Waals surface area contributed by atoms with Crippen molar-refractivity contribution in [1.82, 2.24) is 4.57 Å². The quantitative estimate of drug-likeness (QED) is 0.104. The predicted molar refractivity (Wildman–Crippen MR) is 140 cm³/mol. The number of aryl methyl sites for hydroxylation is 1. The molecular weight excluding hydrogens is 472 g/mol. The van der Waals surface area contributed by atoms with E-state index in [9.17, 15) is 19.7 Å². The number of rotatable bonds is 12. The summed E-state index contributed by atoms with van der Waals surface area (Å²) in [5.41, 5.74) is 2.83. The molecule has 0 bridgehead atoms. The van der Waals surface area contributed by atoms with Crippen LogP contribution in [0.15, 0.2) is 79.0 Å². The highest BCUT2D eigenvalue weighted by Gasteiger charge is 2.20. The number of ether oxygens (including phenoxy) is 2. The molecule has 0 atom stereocenters. The number of ketones is 1.